The molecule has 0 saturated carbocycles. The van der Waals surface area contributed by atoms with E-state index >= 15 is 0 Å². The average molecular weight is 417 g/mol. The van der Waals surface area contributed by atoms with Crippen molar-refractivity contribution >= 4 is 26.7 Å². The third kappa shape index (κ3) is 3.40. The number of fused-ring (bicyclic) bond motifs is 1. The van der Waals surface area contributed by atoms with Gasteiger partial charge in [-0.2, -0.15) is 15.0 Å². The fourth-order valence-electron chi connectivity index (χ4n) is 3.43. The third-order valence-corrected chi connectivity index (χ3v) is 6.37. The fraction of sp³-hybridized carbons (Fsp3) is 0.136. The number of nitrogens with one attached hydrogen (secondary N) is 1. The molecule has 0 fully saturated rings. The number of para-hydroxylation sites is 1. The van der Waals surface area contributed by atoms with Crippen LogP contribution in [-0.4, -0.2) is 23.2 Å². The second-order valence-electron chi connectivity index (χ2n) is 7.12. The zero-order valence-corrected chi connectivity index (χ0v) is 17.5. The summed E-state index contributed by atoms with van der Waals surface area (Å²) in [7, 11) is -3.94. The maximum absolute atomic E-state index is 13.1. The van der Waals surface area contributed by atoms with E-state index in [2.05, 4.69) is 14.8 Å². The molecule has 0 unspecified atom stereocenters. The van der Waals surface area contributed by atoms with Gasteiger partial charge in [-0.1, -0.05) is 35.9 Å². The second-order valence-corrected chi connectivity index (χ2v) is 8.77. The Bertz CT molecular complexity index is 1430. The van der Waals surface area contributed by atoms with Gasteiger partial charge in [0.05, 0.1) is 16.6 Å². The lowest BCUT2D eigenvalue weighted by atomic mass is 10.1. The molecule has 0 aliphatic carbocycles. The Morgan fingerprint density at radius 3 is 2.53 bits per heavy atom. The Hall–Kier alpha value is -3.70. The number of aryl methyl sites for hydroxylation is 3. The summed E-state index contributed by atoms with van der Waals surface area (Å²) in [6.45, 7) is 5.58. The number of sulfonamides is 1. The predicted molar refractivity (Wildman–Crippen MR) is 115 cm³/mol. The van der Waals surface area contributed by atoms with E-state index in [9.17, 15) is 13.7 Å². The van der Waals surface area contributed by atoms with Gasteiger partial charge in [0.15, 0.2) is 11.6 Å². The Morgan fingerprint density at radius 2 is 1.80 bits per heavy atom. The summed E-state index contributed by atoms with van der Waals surface area (Å²) < 4.78 is 30.0. The monoisotopic (exact) mass is 417 g/mol. The lowest BCUT2D eigenvalue weighted by Crippen LogP contribution is -2.18. The van der Waals surface area contributed by atoms with Crippen molar-refractivity contribution in [1.29, 1.82) is 5.26 Å². The first-order valence-corrected chi connectivity index (χ1v) is 10.7. The summed E-state index contributed by atoms with van der Waals surface area (Å²) in [6.07, 6.45) is 1.33. The van der Waals surface area contributed by atoms with Gasteiger partial charge in [0.25, 0.3) is 10.0 Å². The van der Waals surface area contributed by atoms with E-state index in [0.29, 0.717) is 11.4 Å². The second kappa shape index (κ2) is 7.28. The number of rotatable bonds is 4. The molecular formula is C22H19N5O2S. The van der Waals surface area contributed by atoms with E-state index < -0.39 is 10.0 Å². The first kappa shape index (κ1) is 19.6. The lowest BCUT2D eigenvalue weighted by molar-refractivity contribution is 0.600. The standard InChI is InChI=1S/C22H19N5O2S/c1-14-8-9-20(16(3)10-14)30(28,29)26-22-17(12-23)13-24-27(22)21-11-15(2)18-6-4-5-7-19(18)25-21/h4-11,13,26H,1-3H3. The number of nitrogens with zero attached hydrogens (tertiary/aromatic N) is 4. The topological polar surface area (TPSA) is 101 Å². The third-order valence-electron chi connectivity index (χ3n) is 4.87. The Balaban J connectivity index is 1.85. The Morgan fingerprint density at radius 1 is 1.03 bits per heavy atom. The van der Waals surface area contributed by atoms with Crippen LogP contribution in [0.3, 0.4) is 0 Å². The molecule has 2 heterocycles. The van der Waals surface area contributed by atoms with E-state index in [1.807, 2.05) is 50.2 Å². The molecule has 8 heteroatoms. The molecule has 7 nitrogen and oxygen atoms in total. The van der Waals surface area contributed by atoms with Crippen LogP contribution >= 0.6 is 0 Å². The number of benzene rings is 2. The molecule has 30 heavy (non-hydrogen) atoms. The van der Waals surface area contributed by atoms with Gasteiger partial charge in [-0.3, -0.25) is 4.72 Å². The molecule has 1 N–H and O–H groups in total. The Kier molecular flexibility index (Phi) is 4.76. The van der Waals surface area contributed by atoms with Crippen molar-refractivity contribution < 1.29 is 8.42 Å². The summed E-state index contributed by atoms with van der Waals surface area (Å²) in [5.74, 6) is 0.477. The molecule has 0 bridgehead atoms. The summed E-state index contributed by atoms with van der Waals surface area (Å²) in [5, 5.41) is 14.7. The molecule has 2 aromatic carbocycles. The zero-order valence-electron chi connectivity index (χ0n) is 16.7. The summed E-state index contributed by atoms with van der Waals surface area (Å²) in [5.41, 5.74) is 3.41. The van der Waals surface area contributed by atoms with E-state index in [4.69, 9.17) is 0 Å². The molecular weight excluding hydrogens is 398 g/mol. The summed E-state index contributed by atoms with van der Waals surface area (Å²) in [4.78, 5) is 4.75. The number of pyridine rings is 1. The molecule has 0 spiro atoms. The van der Waals surface area contributed by atoms with Gasteiger partial charge >= 0.3 is 0 Å². The largest absolute Gasteiger partial charge is 0.263 e. The van der Waals surface area contributed by atoms with Gasteiger partial charge in [0.1, 0.15) is 11.6 Å². The first-order valence-electron chi connectivity index (χ1n) is 9.25. The SMILES string of the molecule is Cc1ccc(S(=O)(=O)Nc2c(C#N)cnn2-c2cc(C)c3ccccc3n2)c(C)c1. The maximum atomic E-state index is 13.1. The smallest absolute Gasteiger partial charge is 0.262 e. The molecule has 0 amide bonds. The van der Waals surface area contributed by atoms with Crippen molar-refractivity contribution in [2.24, 2.45) is 0 Å². The van der Waals surface area contributed by atoms with Crippen molar-refractivity contribution in [3.63, 3.8) is 0 Å². The predicted octanol–water partition coefficient (Wildman–Crippen LogP) is 4.02. The van der Waals surface area contributed by atoms with Crippen molar-refractivity contribution in [1.82, 2.24) is 14.8 Å². The zero-order chi connectivity index (χ0) is 21.5. The molecule has 0 aliphatic rings. The highest BCUT2D eigenvalue weighted by Gasteiger charge is 2.23. The van der Waals surface area contributed by atoms with Gasteiger partial charge in [-0.15, -0.1) is 0 Å². The van der Waals surface area contributed by atoms with Gasteiger partial charge in [-0.05, 0) is 50.1 Å². The minimum atomic E-state index is -3.94. The number of aromatic nitrogens is 3. The van der Waals surface area contributed by atoms with Crippen LogP contribution in [0, 0.1) is 32.1 Å². The quantitative estimate of drug-likeness (QED) is 0.540. The molecule has 0 radical (unpaired) electrons. The summed E-state index contributed by atoms with van der Waals surface area (Å²) >= 11 is 0. The fourth-order valence-corrected chi connectivity index (χ4v) is 4.72. The van der Waals surface area contributed by atoms with E-state index in [1.54, 1.807) is 25.1 Å². The minimum absolute atomic E-state index is 0.0552. The van der Waals surface area contributed by atoms with Crippen LogP contribution in [0.4, 0.5) is 5.82 Å². The van der Waals surface area contributed by atoms with Gasteiger partial charge in [0.2, 0.25) is 0 Å². The molecule has 0 aliphatic heterocycles. The van der Waals surface area contributed by atoms with Crippen LogP contribution in [0.25, 0.3) is 16.7 Å². The van der Waals surface area contributed by atoms with Crippen molar-refractivity contribution in [2.45, 2.75) is 25.7 Å². The number of hydrogen-bond acceptors (Lipinski definition) is 5. The highest BCUT2D eigenvalue weighted by Crippen LogP contribution is 2.26. The minimum Gasteiger partial charge on any atom is -0.262 e. The Labute approximate surface area is 174 Å². The normalized spacial score (nSPS) is 11.4. The van der Waals surface area contributed by atoms with E-state index in [0.717, 1.165) is 22.0 Å². The highest BCUT2D eigenvalue weighted by atomic mass is 32.2. The van der Waals surface area contributed by atoms with Crippen LogP contribution < -0.4 is 4.72 Å². The van der Waals surface area contributed by atoms with E-state index in [1.165, 1.54) is 10.9 Å². The first-order chi connectivity index (χ1) is 14.3. The van der Waals surface area contributed by atoms with Crippen LogP contribution in [-0.2, 0) is 10.0 Å². The average Bonchev–Trinajstić information content (AvgIpc) is 3.09. The molecule has 0 atom stereocenters. The van der Waals surface area contributed by atoms with E-state index in [-0.39, 0.29) is 16.3 Å². The van der Waals surface area contributed by atoms with Crippen LogP contribution in [0.1, 0.15) is 22.3 Å². The van der Waals surface area contributed by atoms with Crippen LogP contribution in [0.5, 0.6) is 0 Å². The number of nitriles is 1. The van der Waals surface area contributed by atoms with Crippen molar-refractivity contribution in [2.75, 3.05) is 4.72 Å². The highest BCUT2D eigenvalue weighted by molar-refractivity contribution is 7.92. The van der Waals surface area contributed by atoms with Crippen molar-refractivity contribution in [3.05, 3.63) is 77.0 Å². The van der Waals surface area contributed by atoms with Crippen LogP contribution in [0.15, 0.2) is 59.6 Å². The van der Waals surface area contributed by atoms with Gasteiger partial charge in [-0.25, -0.2) is 13.4 Å². The molecule has 4 aromatic rings. The summed E-state index contributed by atoms with van der Waals surface area (Å²) in [6, 6.07) is 16.5. The number of anilines is 1. The van der Waals surface area contributed by atoms with Gasteiger partial charge in [0, 0.05) is 5.39 Å². The molecule has 150 valence electrons. The lowest BCUT2D eigenvalue weighted by Gasteiger charge is -2.13. The molecule has 0 saturated heterocycles. The number of hydrogen-bond donors (Lipinski definition) is 1. The van der Waals surface area contributed by atoms with Gasteiger partial charge < -0.3 is 0 Å². The van der Waals surface area contributed by atoms with Crippen LogP contribution in [0.2, 0.25) is 0 Å². The molecule has 4 rings (SSSR count). The molecule has 2 aromatic heterocycles. The van der Waals surface area contributed by atoms with Crippen molar-refractivity contribution in [3.8, 4) is 11.9 Å². The maximum Gasteiger partial charge on any atom is 0.263 e.